The topological polar surface area (TPSA) is 128 Å². The molecular weight excluding hydrogens is 599 g/mol. The van der Waals surface area contributed by atoms with Gasteiger partial charge in [-0.25, -0.2) is 4.57 Å². The van der Waals surface area contributed by atoms with Gasteiger partial charge in [0.15, 0.2) is 0 Å². The summed E-state index contributed by atoms with van der Waals surface area (Å²) in [6, 6.07) is 0. The summed E-state index contributed by atoms with van der Waals surface area (Å²) >= 11 is 0. The second-order valence-corrected chi connectivity index (χ2v) is 11.2. The molecule has 0 heterocycles. The molecule has 0 bridgehead atoms. The fraction of sp³-hybridized carbons (Fsp3) is 1.00. The number of hydrogen-bond acceptors (Lipinski definition) is 13. The van der Waals surface area contributed by atoms with E-state index in [4.69, 9.17) is 56.2 Å². The van der Waals surface area contributed by atoms with Gasteiger partial charge in [-0.05, 0) is 19.3 Å². The van der Waals surface area contributed by atoms with Gasteiger partial charge < -0.3 is 42.6 Å². The Morgan fingerprint density at radius 3 is 0.682 bits per heavy atom. The molecule has 0 amide bonds. The molecule has 0 aliphatic carbocycles. The van der Waals surface area contributed by atoms with Crippen LogP contribution in [0.4, 0.5) is 0 Å². The Morgan fingerprint density at radius 1 is 0.295 bits per heavy atom. The maximum Gasteiger partial charge on any atom is 0.475 e. The van der Waals surface area contributed by atoms with Crippen molar-refractivity contribution in [1.82, 2.24) is 0 Å². The first-order chi connectivity index (χ1) is 21.7. The average Bonchev–Trinajstić information content (AvgIpc) is 3.02. The van der Waals surface area contributed by atoms with Crippen molar-refractivity contribution in [1.29, 1.82) is 0 Å². The third-order valence-corrected chi connectivity index (χ3v) is 7.09. The highest BCUT2D eigenvalue weighted by molar-refractivity contribution is 7.48. The van der Waals surface area contributed by atoms with Crippen molar-refractivity contribution in [2.24, 2.45) is 0 Å². The predicted octanol–water partition coefficient (Wildman–Crippen LogP) is 4.69. The van der Waals surface area contributed by atoms with Crippen molar-refractivity contribution in [3.8, 4) is 0 Å². The molecule has 14 heteroatoms. The summed E-state index contributed by atoms with van der Waals surface area (Å²) < 4.78 is 78.6. The van der Waals surface area contributed by atoms with Gasteiger partial charge in [0.05, 0.1) is 119 Å². The zero-order valence-corrected chi connectivity index (χ0v) is 28.7. The van der Waals surface area contributed by atoms with Crippen LogP contribution >= 0.6 is 7.82 Å². The molecule has 0 spiro atoms. The van der Waals surface area contributed by atoms with Crippen LogP contribution in [0.1, 0.15) is 59.3 Å². The van der Waals surface area contributed by atoms with Gasteiger partial charge in [-0.15, -0.1) is 0 Å². The number of hydrogen-bond donors (Lipinski definition) is 0. The van der Waals surface area contributed by atoms with Gasteiger partial charge in [-0.2, -0.15) is 0 Å². The molecular formula is C30H63O13P. The lowest BCUT2D eigenvalue weighted by Crippen LogP contribution is -2.15. The van der Waals surface area contributed by atoms with Gasteiger partial charge in [0, 0.05) is 19.8 Å². The minimum atomic E-state index is -3.84. The van der Waals surface area contributed by atoms with Crippen molar-refractivity contribution in [3.05, 3.63) is 0 Å². The Hall–Kier alpha value is -0.250. The molecule has 0 saturated heterocycles. The fourth-order valence-corrected chi connectivity index (χ4v) is 4.22. The van der Waals surface area contributed by atoms with Crippen molar-refractivity contribution in [2.45, 2.75) is 59.3 Å². The predicted molar refractivity (Wildman–Crippen MR) is 168 cm³/mol. The monoisotopic (exact) mass is 662 g/mol. The third kappa shape index (κ3) is 34.6. The van der Waals surface area contributed by atoms with Crippen LogP contribution in [0.15, 0.2) is 0 Å². The minimum Gasteiger partial charge on any atom is -0.379 e. The lowest BCUT2D eigenvalue weighted by molar-refractivity contribution is -0.00704. The number of ether oxygens (including phenoxy) is 9. The first-order valence-electron chi connectivity index (χ1n) is 16.4. The fourth-order valence-electron chi connectivity index (χ4n) is 3.10. The summed E-state index contributed by atoms with van der Waals surface area (Å²) in [5.41, 5.74) is 0. The normalized spacial score (nSPS) is 12.0. The van der Waals surface area contributed by atoms with Gasteiger partial charge in [-0.1, -0.05) is 40.0 Å². The lowest BCUT2D eigenvalue weighted by Gasteiger charge is -2.18. The minimum absolute atomic E-state index is 0.0292. The van der Waals surface area contributed by atoms with Gasteiger partial charge in [0.1, 0.15) is 0 Å². The van der Waals surface area contributed by atoms with Crippen LogP contribution in [0.25, 0.3) is 0 Å². The lowest BCUT2D eigenvalue weighted by atomic mass is 10.4. The van der Waals surface area contributed by atoms with E-state index in [9.17, 15) is 4.57 Å². The molecule has 0 aromatic rings. The first-order valence-corrected chi connectivity index (χ1v) is 17.9. The third-order valence-electron chi connectivity index (χ3n) is 5.59. The van der Waals surface area contributed by atoms with Gasteiger partial charge in [0.2, 0.25) is 0 Å². The van der Waals surface area contributed by atoms with Gasteiger partial charge in [0.25, 0.3) is 0 Å². The summed E-state index contributed by atoms with van der Waals surface area (Å²) in [5.74, 6) is 0. The van der Waals surface area contributed by atoms with E-state index < -0.39 is 7.82 Å². The Balaban J connectivity index is 4.07. The van der Waals surface area contributed by atoms with Crippen LogP contribution in [0.5, 0.6) is 0 Å². The number of phosphoric ester groups is 1. The molecule has 0 fully saturated rings. The largest absolute Gasteiger partial charge is 0.475 e. The molecule has 0 radical (unpaired) electrons. The highest BCUT2D eigenvalue weighted by Crippen LogP contribution is 2.49. The molecule has 0 aliphatic rings. The van der Waals surface area contributed by atoms with E-state index in [0.29, 0.717) is 79.3 Å². The molecule has 0 unspecified atom stereocenters. The highest BCUT2D eigenvalue weighted by atomic mass is 31.2. The Morgan fingerprint density at radius 2 is 0.477 bits per heavy atom. The van der Waals surface area contributed by atoms with Crippen LogP contribution in [-0.2, 0) is 60.8 Å². The van der Waals surface area contributed by atoms with Crippen LogP contribution in [-0.4, -0.2) is 139 Å². The standard InChI is InChI=1S/C30H63O13P/c1-4-7-10-32-13-16-35-19-22-38-25-28-41-44(31,42-29-26-39-23-20-36-17-14-33-11-8-5-2)43-30-27-40-24-21-37-18-15-34-12-9-6-3/h4-30H2,1-3H3. The van der Waals surface area contributed by atoms with E-state index >= 15 is 0 Å². The van der Waals surface area contributed by atoms with Crippen LogP contribution < -0.4 is 0 Å². The van der Waals surface area contributed by atoms with Crippen LogP contribution in [0.2, 0.25) is 0 Å². The maximum absolute atomic E-state index is 13.1. The molecule has 0 rings (SSSR count). The molecule has 44 heavy (non-hydrogen) atoms. The SMILES string of the molecule is CCCCOCCOCCOCCOP(=O)(OCCOCCOCCOCCCC)OCCOCCOCCOCCCC. The zero-order valence-electron chi connectivity index (χ0n) is 27.8. The highest BCUT2D eigenvalue weighted by Gasteiger charge is 2.26. The molecule has 0 aromatic heterocycles. The molecule has 0 aromatic carbocycles. The van der Waals surface area contributed by atoms with Crippen LogP contribution in [0.3, 0.4) is 0 Å². The van der Waals surface area contributed by atoms with E-state index in [-0.39, 0.29) is 39.6 Å². The maximum atomic E-state index is 13.1. The molecule has 266 valence electrons. The summed E-state index contributed by atoms with van der Waals surface area (Å²) in [7, 11) is -3.84. The van der Waals surface area contributed by atoms with E-state index in [0.717, 1.165) is 58.3 Å². The van der Waals surface area contributed by atoms with Crippen LogP contribution in [0, 0.1) is 0 Å². The number of unbranched alkanes of at least 4 members (excludes halogenated alkanes) is 3. The second kappa shape index (κ2) is 37.2. The Bertz CT molecular complexity index is 513. The quantitative estimate of drug-likeness (QED) is 0.0667. The Labute approximate surface area is 266 Å². The molecule has 0 aliphatic heterocycles. The van der Waals surface area contributed by atoms with Crippen molar-refractivity contribution in [3.63, 3.8) is 0 Å². The number of rotatable bonds is 39. The van der Waals surface area contributed by atoms with E-state index in [2.05, 4.69) is 20.8 Å². The molecule has 0 saturated carbocycles. The summed E-state index contributed by atoms with van der Waals surface area (Å²) in [4.78, 5) is 0. The first kappa shape index (κ1) is 43.8. The number of phosphoric acid groups is 1. The molecule has 13 nitrogen and oxygen atoms in total. The van der Waals surface area contributed by atoms with Crippen molar-refractivity contribution >= 4 is 7.82 Å². The Kier molecular flexibility index (Phi) is 37.0. The second-order valence-electron chi connectivity index (χ2n) is 9.52. The summed E-state index contributed by atoms with van der Waals surface area (Å²) in [6.45, 7) is 15.0. The van der Waals surface area contributed by atoms with Gasteiger partial charge in [-0.3, -0.25) is 13.6 Å². The average molecular weight is 663 g/mol. The smallest absolute Gasteiger partial charge is 0.379 e. The van der Waals surface area contributed by atoms with E-state index in [1.54, 1.807) is 0 Å². The van der Waals surface area contributed by atoms with E-state index in [1.165, 1.54) is 0 Å². The summed E-state index contributed by atoms with van der Waals surface area (Å²) in [5, 5.41) is 0. The molecule has 0 N–H and O–H groups in total. The van der Waals surface area contributed by atoms with E-state index in [1.807, 2.05) is 0 Å². The van der Waals surface area contributed by atoms with Crippen molar-refractivity contribution < 1.29 is 60.8 Å². The van der Waals surface area contributed by atoms with Gasteiger partial charge >= 0.3 is 7.82 Å². The molecule has 0 atom stereocenters. The summed E-state index contributed by atoms with van der Waals surface area (Å²) in [6.07, 6.45) is 6.48. The van der Waals surface area contributed by atoms with Crippen molar-refractivity contribution in [2.75, 3.05) is 139 Å². The zero-order chi connectivity index (χ0) is 32.1.